The van der Waals surface area contributed by atoms with Crippen molar-refractivity contribution >= 4 is 22.8 Å². The highest BCUT2D eigenvalue weighted by Crippen LogP contribution is 2.35. The van der Waals surface area contributed by atoms with E-state index >= 15 is 0 Å². The van der Waals surface area contributed by atoms with Crippen molar-refractivity contribution in [2.45, 2.75) is 51.2 Å². The van der Waals surface area contributed by atoms with Crippen LogP contribution >= 0.6 is 11.3 Å². The molecule has 2 bridgehead atoms. The van der Waals surface area contributed by atoms with Gasteiger partial charge in [0.15, 0.2) is 11.4 Å². The van der Waals surface area contributed by atoms with E-state index in [1.165, 1.54) is 11.3 Å². The van der Waals surface area contributed by atoms with E-state index in [2.05, 4.69) is 18.7 Å². The number of anilines is 1. The standard InChI is InChI=1S/C14H20N2O2S/c1-3-9(2)13-12(8-17)19-14(15-13)16-6-10-4-5-11(7-16)18-10/h8-11H,3-7H2,1-2H3. The van der Waals surface area contributed by atoms with Crippen molar-refractivity contribution in [3.05, 3.63) is 10.6 Å². The minimum absolute atomic E-state index is 0.350. The number of nitrogens with zero attached hydrogens (tertiary/aromatic N) is 2. The fourth-order valence-electron chi connectivity index (χ4n) is 2.87. The second kappa shape index (κ2) is 5.21. The summed E-state index contributed by atoms with van der Waals surface area (Å²) in [6, 6.07) is 0. The Balaban J connectivity index is 1.85. The number of aldehydes is 1. The average molecular weight is 280 g/mol. The summed E-state index contributed by atoms with van der Waals surface area (Å²) >= 11 is 1.53. The quantitative estimate of drug-likeness (QED) is 0.795. The predicted octanol–water partition coefficient (Wildman–Crippen LogP) is 2.84. The number of aromatic nitrogens is 1. The first-order valence-corrected chi connectivity index (χ1v) is 7.89. The van der Waals surface area contributed by atoms with Crippen LogP contribution in [-0.4, -0.2) is 36.6 Å². The molecule has 3 atom stereocenters. The van der Waals surface area contributed by atoms with Crippen molar-refractivity contribution in [3.8, 4) is 0 Å². The van der Waals surface area contributed by atoms with Gasteiger partial charge in [-0.25, -0.2) is 4.98 Å². The maximum Gasteiger partial charge on any atom is 0.186 e. The van der Waals surface area contributed by atoms with Crippen LogP contribution in [0.25, 0.3) is 0 Å². The molecule has 2 fully saturated rings. The number of carbonyl (C=O) groups excluding carboxylic acids is 1. The first-order chi connectivity index (χ1) is 9.21. The Bertz CT molecular complexity index is 462. The molecule has 0 amide bonds. The molecule has 2 aliphatic rings. The van der Waals surface area contributed by atoms with Gasteiger partial charge in [-0.2, -0.15) is 0 Å². The molecule has 0 aliphatic carbocycles. The summed E-state index contributed by atoms with van der Waals surface area (Å²) in [6.45, 7) is 6.10. The van der Waals surface area contributed by atoms with Gasteiger partial charge in [-0.15, -0.1) is 0 Å². The molecule has 3 rings (SSSR count). The number of rotatable bonds is 4. The molecule has 0 N–H and O–H groups in total. The van der Waals surface area contributed by atoms with E-state index in [0.29, 0.717) is 18.1 Å². The molecule has 2 saturated heterocycles. The van der Waals surface area contributed by atoms with Gasteiger partial charge in [0, 0.05) is 13.1 Å². The molecule has 5 heteroatoms. The molecule has 0 saturated carbocycles. The highest BCUT2D eigenvalue weighted by Gasteiger charge is 2.35. The lowest BCUT2D eigenvalue weighted by Gasteiger charge is -2.31. The molecule has 3 unspecified atom stereocenters. The normalized spacial score (nSPS) is 27.6. The van der Waals surface area contributed by atoms with Crippen LogP contribution in [0, 0.1) is 0 Å². The molecule has 19 heavy (non-hydrogen) atoms. The number of carbonyl (C=O) groups is 1. The smallest absolute Gasteiger partial charge is 0.186 e. The zero-order valence-corrected chi connectivity index (χ0v) is 12.3. The van der Waals surface area contributed by atoms with Gasteiger partial charge in [-0.05, 0) is 25.2 Å². The van der Waals surface area contributed by atoms with Crippen LogP contribution in [-0.2, 0) is 4.74 Å². The molecule has 2 aliphatic heterocycles. The van der Waals surface area contributed by atoms with E-state index in [4.69, 9.17) is 9.72 Å². The van der Waals surface area contributed by atoms with Gasteiger partial charge in [-0.1, -0.05) is 25.2 Å². The van der Waals surface area contributed by atoms with Gasteiger partial charge >= 0.3 is 0 Å². The van der Waals surface area contributed by atoms with Crippen LogP contribution in [0.3, 0.4) is 0 Å². The molecule has 0 spiro atoms. The Hall–Kier alpha value is -0.940. The predicted molar refractivity (Wildman–Crippen MR) is 76.3 cm³/mol. The van der Waals surface area contributed by atoms with Crippen LogP contribution in [0.4, 0.5) is 5.13 Å². The van der Waals surface area contributed by atoms with Gasteiger partial charge in [0.1, 0.15) is 0 Å². The Morgan fingerprint density at radius 2 is 2.16 bits per heavy atom. The van der Waals surface area contributed by atoms with Crippen molar-refractivity contribution in [1.82, 2.24) is 4.98 Å². The lowest BCUT2D eigenvalue weighted by Crippen LogP contribution is -2.42. The van der Waals surface area contributed by atoms with E-state index in [-0.39, 0.29) is 0 Å². The van der Waals surface area contributed by atoms with Crippen molar-refractivity contribution < 1.29 is 9.53 Å². The Kier molecular flexibility index (Phi) is 3.58. The van der Waals surface area contributed by atoms with Crippen LogP contribution < -0.4 is 4.90 Å². The lowest BCUT2D eigenvalue weighted by molar-refractivity contribution is 0.0304. The molecule has 0 radical (unpaired) electrons. The van der Waals surface area contributed by atoms with E-state index in [0.717, 1.165) is 54.3 Å². The molecule has 104 valence electrons. The monoisotopic (exact) mass is 280 g/mol. The minimum atomic E-state index is 0.350. The average Bonchev–Trinajstić information content (AvgIpc) is 3.01. The van der Waals surface area contributed by atoms with Crippen molar-refractivity contribution in [1.29, 1.82) is 0 Å². The molecule has 4 nitrogen and oxygen atoms in total. The maximum absolute atomic E-state index is 11.2. The molecular weight excluding hydrogens is 260 g/mol. The third kappa shape index (κ3) is 2.41. The molecular formula is C14H20N2O2S. The van der Waals surface area contributed by atoms with Crippen LogP contribution in [0.2, 0.25) is 0 Å². The summed E-state index contributed by atoms with van der Waals surface area (Å²) in [5, 5.41) is 0.998. The van der Waals surface area contributed by atoms with Crippen LogP contribution in [0.5, 0.6) is 0 Å². The number of fused-ring (bicyclic) bond motifs is 2. The molecule has 0 aromatic carbocycles. The van der Waals surface area contributed by atoms with E-state index in [1.54, 1.807) is 0 Å². The third-order valence-corrected chi connectivity index (χ3v) is 5.23. The summed E-state index contributed by atoms with van der Waals surface area (Å²) in [5.74, 6) is 0.350. The Morgan fingerprint density at radius 3 is 2.74 bits per heavy atom. The molecule has 1 aromatic heterocycles. The van der Waals surface area contributed by atoms with Crippen molar-refractivity contribution in [3.63, 3.8) is 0 Å². The SMILES string of the molecule is CCC(C)c1nc(N2CC3CCC(C2)O3)sc1C=O. The summed E-state index contributed by atoms with van der Waals surface area (Å²) in [5.41, 5.74) is 0.969. The molecule has 3 heterocycles. The largest absolute Gasteiger partial charge is 0.371 e. The Labute approximate surface area is 117 Å². The zero-order valence-electron chi connectivity index (χ0n) is 11.5. The fourth-order valence-corrected chi connectivity index (χ4v) is 3.89. The topological polar surface area (TPSA) is 42.4 Å². The first-order valence-electron chi connectivity index (χ1n) is 7.07. The summed E-state index contributed by atoms with van der Waals surface area (Å²) < 4.78 is 5.85. The van der Waals surface area contributed by atoms with Gasteiger partial charge in [-0.3, -0.25) is 4.79 Å². The van der Waals surface area contributed by atoms with Crippen LogP contribution in [0.1, 0.15) is 54.4 Å². The number of hydrogen-bond donors (Lipinski definition) is 0. The highest BCUT2D eigenvalue weighted by molar-refractivity contribution is 7.17. The van der Waals surface area contributed by atoms with Crippen molar-refractivity contribution in [2.24, 2.45) is 0 Å². The maximum atomic E-state index is 11.2. The minimum Gasteiger partial charge on any atom is -0.371 e. The number of hydrogen-bond acceptors (Lipinski definition) is 5. The van der Waals surface area contributed by atoms with Gasteiger partial charge in [0.05, 0.1) is 22.8 Å². The van der Waals surface area contributed by atoms with E-state index < -0.39 is 0 Å². The van der Waals surface area contributed by atoms with E-state index in [9.17, 15) is 4.79 Å². The fraction of sp³-hybridized carbons (Fsp3) is 0.714. The highest BCUT2D eigenvalue weighted by atomic mass is 32.1. The Morgan fingerprint density at radius 1 is 1.47 bits per heavy atom. The van der Waals surface area contributed by atoms with Gasteiger partial charge in [0.2, 0.25) is 0 Å². The van der Waals surface area contributed by atoms with Crippen LogP contribution in [0.15, 0.2) is 0 Å². The second-order valence-corrected chi connectivity index (χ2v) is 6.54. The summed E-state index contributed by atoms with van der Waals surface area (Å²) in [4.78, 5) is 19.0. The first kappa shape index (κ1) is 13.1. The number of thiazole rings is 1. The number of morpholine rings is 1. The van der Waals surface area contributed by atoms with Gasteiger partial charge < -0.3 is 9.64 Å². The van der Waals surface area contributed by atoms with Crippen molar-refractivity contribution in [2.75, 3.05) is 18.0 Å². The zero-order chi connectivity index (χ0) is 13.4. The third-order valence-electron chi connectivity index (χ3n) is 4.17. The molecule has 1 aromatic rings. The lowest BCUT2D eigenvalue weighted by atomic mass is 10.0. The second-order valence-electron chi connectivity index (χ2n) is 5.54. The summed E-state index contributed by atoms with van der Waals surface area (Å²) in [6.07, 6.45) is 5.00. The van der Waals surface area contributed by atoms with E-state index in [1.807, 2.05) is 0 Å². The number of ether oxygens (including phenoxy) is 1. The van der Waals surface area contributed by atoms with Gasteiger partial charge in [0.25, 0.3) is 0 Å². The summed E-state index contributed by atoms with van der Waals surface area (Å²) in [7, 11) is 0.